The van der Waals surface area contributed by atoms with E-state index in [0.29, 0.717) is 0 Å². The first-order valence-electron chi connectivity index (χ1n) is 6.48. The van der Waals surface area contributed by atoms with Gasteiger partial charge < -0.3 is 4.90 Å². The van der Waals surface area contributed by atoms with Crippen LogP contribution in [0.1, 0.15) is 52.9 Å². The zero-order valence-electron chi connectivity index (χ0n) is 11.3. The summed E-state index contributed by atoms with van der Waals surface area (Å²) in [6.45, 7) is 7.97. The molecule has 1 unspecified atom stereocenters. The Morgan fingerprint density at radius 1 is 1.20 bits per heavy atom. The SMILES string of the molecule is CCCCC(/C=C(\CC)CN(C)C)CC. The fourth-order valence-corrected chi connectivity index (χ4v) is 1.89. The van der Waals surface area contributed by atoms with Gasteiger partial charge in [-0.15, -0.1) is 0 Å². The summed E-state index contributed by atoms with van der Waals surface area (Å²) in [5, 5.41) is 0. The molecule has 0 aliphatic heterocycles. The van der Waals surface area contributed by atoms with Gasteiger partial charge in [0, 0.05) is 6.54 Å². The first-order chi connectivity index (χ1) is 7.13. The second-order valence-electron chi connectivity index (χ2n) is 4.73. The number of likely N-dealkylation sites (N-methyl/N-ethyl adjacent to an activating group) is 1. The van der Waals surface area contributed by atoms with Crippen LogP contribution in [0, 0.1) is 5.92 Å². The van der Waals surface area contributed by atoms with E-state index in [9.17, 15) is 0 Å². The van der Waals surface area contributed by atoms with Gasteiger partial charge in [-0.3, -0.25) is 0 Å². The molecule has 0 rings (SSSR count). The van der Waals surface area contributed by atoms with Gasteiger partial charge in [0.25, 0.3) is 0 Å². The van der Waals surface area contributed by atoms with Crippen LogP contribution in [-0.4, -0.2) is 25.5 Å². The lowest BCUT2D eigenvalue weighted by Crippen LogP contribution is -2.15. The minimum absolute atomic E-state index is 0.805. The second kappa shape index (κ2) is 8.96. The van der Waals surface area contributed by atoms with Crippen molar-refractivity contribution < 1.29 is 0 Å². The van der Waals surface area contributed by atoms with Crippen molar-refractivity contribution in [2.24, 2.45) is 5.92 Å². The maximum Gasteiger partial charge on any atom is 0.0186 e. The molecule has 1 nitrogen and oxygen atoms in total. The first kappa shape index (κ1) is 14.7. The standard InChI is InChI=1S/C14H29N/c1-6-9-10-13(7-2)11-14(8-3)12-15(4)5/h11,13H,6-10,12H2,1-5H3/b14-11+. The van der Waals surface area contributed by atoms with Crippen molar-refractivity contribution in [3.63, 3.8) is 0 Å². The van der Waals surface area contributed by atoms with Crippen LogP contribution >= 0.6 is 0 Å². The van der Waals surface area contributed by atoms with E-state index in [4.69, 9.17) is 0 Å². The van der Waals surface area contributed by atoms with Crippen molar-refractivity contribution in [2.45, 2.75) is 52.9 Å². The van der Waals surface area contributed by atoms with E-state index in [0.717, 1.165) is 12.5 Å². The van der Waals surface area contributed by atoms with Gasteiger partial charge in [0.05, 0.1) is 0 Å². The maximum absolute atomic E-state index is 2.52. The summed E-state index contributed by atoms with van der Waals surface area (Å²) < 4.78 is 0. The Morgan fingerprint density at radius 3 is 2.27 bits per heavy atom. The molecule has 0 aromatic heterocycles. The van der Waals surface area contributed by atoms with Crippen molar-refractivity contribution >= 4 is 0 Å². The molecule has 1 heteroatoms. The summed E-state index contributed by atoms with van der Waals surface area (Å²) in [5.41, 5.74) is 1.60. The van der Waals surface area contributed by atoms with Gasteiger partial charge in [-0.1, -0.05) is 45.3 Å². The van der Waals surface area contributed by atoms with Crippen LogP contribution in [-0.2, 0) is 0 Å². The van der Waals surface area contributed by atoms with E-state index in [1.807, 2.05) is 0 Å². The van der Waals surface area contributed by atoms with Crippen LogP contribution in [0.5, 0.6) is 0 Å². The molecule has 1 atom stereocenters. The Balaban J connectivity index is 4.20. The first-order valence-corrected chi connectivity index (χ1v) is 6.48. The summed E-state index contributed by atoms with van der Waals surface area (Å²) in [6.07, 6.45) is 9.06. The number of nitrogens with zero attached hydrogens (tertiary/aromatic N) is 1. The lowest BCUT2D eigenvalue weighted by molar-refractivity contribution is 0.436. The Morgan fingerprint density at radius 2 is 1.87 bits per heavy atom. The minimum atomic E-state index is 0.805. The average Bonchev–Trinajstić information content (AvgIpc) is 2.21. The largest absolute Gasteiger partial charge is 0.305 e. The van der Waals surface area contributed by atoms with Crippen molar-refractivity contribution in [1.82, 2.24) is 4.90 Å². The molecule has 0 aliphatic carbocycles. The Kier molecular flexibility index (Phi) is 8.79. The molecule has 0 heterocycles. The van der Waals surface area contributed by atoms with E-state index in [1.54, 1.807) is 5.57 Å². The van der Waals surface area contributed by atoms with E-state index < -0.39 is 0 Å². The van der Waals surface area contributed by atoms with E-state index in [1.165, 1.54) is 32.1 Å². The molecule has 0 aliphatic rings. The van der Waals surface area contributed by atoms with Crippen molar-refractivity contribution in [3.8, 4) is 0 Å². The summed E-state index contributed by atoms with van der Waals surface area (Å²) in [4.78, 5) is 2.27. The highest BCUT2D eigenvalue weighted by Gasteiger charge is 2.04. The van der Waals surface area contributed by atoms with Crippen LogP contribution in [0.2, 0.25) is 0 Å². The molecule has 0 bridgehead atoms. The Labute approximate surface area is 96.6 Å². The van der Waals surface area contributed by atoms with Crippen LogP contribution in [0.3, 0.4) is 0 Å². The molecular weight excluding hydrogens is 182 g/mol. The molecular formula is C14H29N. The predicted molar refractivity (Wildman–Crippen MR) is 70.2 cm³/mol. The van der Waals surface area contributed by atoms with Crippen LogP contribution < -0.4 is 0 Å². The van der Waals surface area contributed by atoms with Gasteiger partial charge in [0.2, 0.25) is 0 Å². The fourth-order valence-electron chi connectivity index (χ4n) is 1.89. The molecule has 0 saturated heterocycles. The summed E-state index contributed by atoms with van der Waals surface area (Å²) in [6, 6.07) is 0. The topological polar surface area (TPSA) is 3.24 Å². The van der Waals surface area contributed by atoms with Gasteiger partial charge in [-0.2, -0.15) is 0 Å². The third kappa shape index (κ3) is 7.61. The molecule has 0 saturated carbocycles. The Bertz CT molecular complexity index is 170. The van der Waals surface area contributed by atoms with Crippen molar-refractivity contribution in [2.75, 3.05) is 20.6 Å². The van der Waals surface area contributed by atoms with E-state index >= 15 is 0 Å². The number of unbranched alkanes of at least 4 members (excludes halogenated alkanes) is 1. The third-order valence-corrected chi connectivity index (χ3v) is 2.90. The Hall–Kier alpha value is -0.300. The van der Waals surface area contributed by atoms with Crippen LogP contribution in [0.25, 0.3) is 0 Å². The van der Waals surface area contributed by atoms with Gasteiger partial charge in [-0.05, 0) is 39.3 Å². The summed E-state index contributed by atoms with van der Waals surface area (Å²) in [7, 11) is 4.30. The normalized spacial score (nSPS) is 14.7. The van der Waals surface area contributed by atoms with Gasteiger partial charge >= 0.3 is 0 Å². The number of hydrogen-bond donors (Lipinski definition) is 0. The molecule has 0 fully saturated rings. The average molecular weight is 211 g/mol. The molecule has 0 amide bonds. The molecule has 0 aromatic rings. The van der Waals surface area contributed by atoms with Gasteiger partial charge in [0.1, 0.15) is 0 Å². The minimum Gasteiger partial charge on any atom is -0.305 e. The van der Waals surface area contributed by atoms with Crippen LogP contribution in [0.15, 0.2) is 11.6 Å². The monoisotopic (exact) mass is 211 g/mol. The fraction of sp³-hybridized carbons (Fsp3) is 0.857. The van der Waals surface area contributed by atoms with Gasteiger partial charge in [0.15, 0.2) is 0 Å². The summed E-state index contributed by atoms with van der Waals surface area (Å²) >= 11 is 0. The molecule has 0 aromatic carbocycles. The van der Waals surface area contributed by atoms with Crippen molar-refractivity contribution in [3.05, 3.63) is 11.6 Å². The smallest absolute Gasteiger partial charge is 0.0186 e. The maximum atomic E-state index is 2.52. The van der Waals surface area contributed by atoms with Crippen LogP contribution in [0.4, 0.5) is 0 Å². The lowest BCUT2D eigenvalue weighted by atomic mass is 9.95. The lowest BCUT2D eigenvalue weighted by Gasteiger charge is -2.16. The predicted octanol–water partition coefficient (Wildman–Crippen LogP) is 4.10. The zero-order chi connectivity index (χ0) is 11.7. The molecule has 0 N–H and O–H groups in total. The molecule has 90 valence electrons. The number of hydrogen-bond acceptors (Lipinski definition) is 1. The van der Waals surface area contributed by atoms with E-state index in [2.05, 4.69) is 45.8 Å². The molecule has 15 heavy (non-hydrogen) atoms. The highest BCUT2D eigenvalue weighted by molar-refractivity contribution is 5.05. The highest BCUT2D eigenvalue weighted by atomic mass is 15.0. The number of rotatable bonds is 8. The molecule has 0 spiro atoms. The van der Waals surface area contributed by atoms with Crippen molar-refractivity contribution in [1.29, 1.82) is 0 Å². The summed E-state index contributed by atoms with van der Waals surface area (Å²) in [5.74, 6) is 0.805. The van der Waals surface area contributed by atoms with Gasteiger partial charge in [-0.25, -0.2) is 0 Å². The zero-order valence-corrected chi connectivity index (χ0v) is 11.3. The third-order valence-electron chi connectivity index (χ3n) is 2.90. The quantitative estimate of drug-likeness (QED) is 0.546. The second-order valence-corrected chi connectivity index (χ2v) is 4.73. The van der Waals surface area contributed by atoms with E-state index in [-0.39, 0.29) is 0 Å². The molecule has 0 radical (unpaired) electrons. The highest BCUT2D eigenvalue weighted by Crippen LogP contribution is 2.17. The number of allylic oxidation sites excluding steroid dienone is 1.